The summed E-state index contributed by atoms with van der Waals surface area (Å²) in [6, 6.07) is 15.4. The van der Waals surface area contributed by atoms with Crippen molar-refractivity contribution in [2.24, 2.45) is 0 Å². The molecule has 0 aliphatic heterocycles. The summed E-state index contributed by atoms with van der Waals surface area (Å²) in [4.78, 5) is 25.7. The highest BCUT2D eigenvalue weighted by Crippen LogP contribution is 2.50. The molecule has 1 aliphatic carbocycles. The average molecular weight is 324 g/mol. The topological polar surface area (TPSA) is 52.6 Å². The van der Waals surface area contributed by atoms with Gasteiger partial charge in [-0.25, -0.2) is 0 Å². The predicted molar refractivity (Wildman–Crippen MR) is 89.8 cm³/mol. The molecule has 4 heteroatoms. The average Bonchev–Trinajstić information content (AvgIpc) is 2.96. The first-order chi connectivity index (χ1) is 11.6. The van der Waals surface area contributed by atoms with Crippen LogP contribution in [0.4, 0.5) is 0 Å². The number of fused-ring (bicyclic) bond motifs is 1. The molecule has 0 fully saturated rings. The first kappa shape index (κ1) is 16.2. The summed E-state index contributed by atoms with van der Waals surface area (Å²) >= 11 is 0. The molecule has 1 unspecified atom stereocenters. The van der Waals surface area contributed by atoms with E-state index in [4.69, 9.17) is 9.47 Å². The Labute approximate surface area is 141 Å². The minimum Gasteiger partial charge on any atom is -0.468 e. The van der Waals surface area contributed by atoms with Gasteiger partial charge in [0.2, 0.25) is 0 Å². The monoisotopic (exact) mass is 324 g/mol. The van der Waals surface area contributed by atoms with Gasteiger partial charge in [-0.2, -0.15) is 0 Å². The van der Waals surface area contributed by atoms with Crippen molar-refractivity contribution in [2.75, 3.05) is 14.2 Å². The zero-order chi connectivity index (χ0) is 17.3. The van der Waals surface area contributed by atoms with Gasteiger partial charge in [-0.15, -0.1) is 0 Å². The van der Waals surface area contributed by atoms with Crippen LogP contribution in [0.1, 0.15) is 28.2 Å². The maximum Gasteiger partial charge on any atom is 0.328 e. The molecule has 4 nitrogen and oxygen atoms in total. The molecule has 0 bridgehead atoms. The molecule has 0 saturated heterocycles. The van der Waals surface area contributed by atoms with Crippen LogP contribution in [0.25, 0.3) is 0 Å². The van der Waals surface area contributed by atoms with Gasteiger partial charge in [-0.3, -0.25) is 9.59 Å². The molecule has 0 spiro atoms. The minimum absolute atomic E-state index is 0.351. The van der Waals surface area contributed by atoms with E-state index in [2.05, 4.69) is 0 Å². The summed E-state index contributed by atoms with van der Waals surface area (Å²) in [5, 5.41) is 0. The predicted octanol–water partition coefficient (Wildman–Crippen LogP) is 2.92. The quantitative estimate of drug-likeness (QED) is 0.643. The van der Waals surface area contributed by atoms with E-state index in [1.807, 2.05) is 55.5 Å². The molecule has 1 aliphatic rings. The van der Waals surface area contributed by atoms with Crippen molar-refractivity contribution < 1.29 is 19.1 Å². The van der Waals surface area contributed by atoms with E-state index in [1.54, 1.807) is 0 Å². The molecule has 2 aromatic carbocycles. The van der Waals surface area contributed by atoms with Gasteiger partial charge in [-0.05, 0) is 30.0 Å². The number of hydrogen-bond donors (Lipinski definition) is 0. The van der Waals surface area contributed by atoms with Crippen LogP contribution in [0.5, 0.6) is 0 Å². The number of methoxy groups -OCH3 is 2. The van der Waals surface area contributed by atoms with E-state index >= 15 is 0 Å². The van der Waals surface area contributed by atoms with Crippen LogP contribution in [-0.4, -0.2) is 26.2 Å². The molecular formula is C20H20O4. The molecular weight excluding hydrogens is 304 g/mol. The zero-order valence-electron chi connectivity index (χ0n) is 14.0. The first-order valence-corrected chi connectivity index (χ1v) is 7.87. The van der Waals surface area contributed by atoms with E-state index in [1.165, 1.54) is 14.2 Å². The molecule has 0 heterocycles. The third-order valence-electron chi connectivity index (χ3n) is 4.85. The van der Waals surface area contributed by atoms with Crippen LogP contribution < -0.4 is 0 Å². The third kappa shape index (κ3) is 2.21. The van der Waals surface area contributed by atoms with Crippen LogP contribution in [0.15, 0.2) is 48.5 Å². The van der Waals surface area contributed by atoms with Crippen molar-refractivity contribution in [2.45, 2.75) is 24.7 Å². The van der Waals surface area contributed by atoms with Gasteiger partial charge in [0.25, 0.3) is 0 Å². The Hall–Kier alpha value is -2.62. The Kier molecular flexibility index (Phi) is 4.14. The molecule has 0 amide bonds. The Bertz CT molecular complexity index is 763. The molecule has 2 aromatic rings. The van der Waals surface area contributed by atoms with Crippen molar-refractivity contribution >= 4 is 11.9 Å². The van der Waals surface area contributed by atoms with Gasteiger partial charge in [0.1, 0.15) is 0 Å². The van der Waals surface area contributed by atoms with Crippen LogP contribution >= 0.6 is 0 Å². The van der Waals surface area contributed by atoms with E-state index in [9.17, 15) is 9.59 Å². The molecule has 124 valence electrons. The number of ether oxygens (including phenoxy) is 2. The Morgan fingerprint density at radius 1 is 1.00 bits per heavy atom. The summed E-state index contributed by atoms with van der Waals surface area (Å²) in [6.45, 7) is 1.99. The first-order valence-electron chi connectivity index (χ1n) is 7.87. The van der Waals surface area contributed by atoms with E-state index in [-0.39, 0.29) is 5.92 Å². The number of esters is 2. The van der Waals surface area contributed by atoms with Gasteiger partial charge >= 0.3 is 11.9 Å². The molecule has 0 radical (unpaired) electrons. The van der Waals surface area contributed by atoms with Crippen molar-refractivity contribution in [1.82, 2.24) is 0 Å². The van der Waals surface area contributed by atoms with Crippen molar-refractivity contribution in [1.29, 1.82) is 0 Å². The summed E-state index contributed by atoms with van der Waals surface area (Å²) in [7, 11) is 2.61. The van der Waals surface area contributed by atoms with Crippen LogP contribution in [0.3, 0.4) is 0 Å². The molecule has 1 atom stereocenters. The Morgan fingerprint density at radius 2 is 1.62 bits per heavy atom. The van der Waals surface area contributed by atoms with E-state index in [0.717, 1.165) is 16.7 Å². The summed E-state index contributed by atoms with van der Waals surface area (Å²) in [5.74, 6) is -1.51. The lowest BCUT2D eigenvalue weighted by atomic mass is 9.71. The number of aryl methyl sites for hydroxylation is 1. The number of hydrogen-bond acceptors (Lipinski definition) is 4. The second kappa shape index (κ2) is 6.11. The largest absolute Gasteiger partial charge is 0.468 e. The highest BCUT2D eigenvalue weighted by Gasteiger charge is 2.60. The molecule has 24 heavy (non-hydrogen) atoms. The molecule has 0 aromatic heterocycles. The van der Waals surface area contributed by atoms with Crippen LogP contribution in [-0.2, 0) is 30.9 Å². The van der Waals surface area contributed by atoms with Gasteiger partial charge in [0, 0.05) is 5.92 Å². The summed E-state index contributed by atoms with van der Waals surface area (Å²) in [6.07, 6.45) is 0.589. The number of rotatable bonds is 3. The maximum absolute atomic E-state index is 12.8. The number of carbonyl (C=O) groups excluding carboxylic acids is 2. The lowest BCUT2D eigenvalue weighted by Crippen LogP contribution is -2.48. The molecule has 0 N–H and O–H groups in total. The Balaban J connectivity index is 2.29. The number of carbonyl (C=O) groups is 2. The molecule has 0 saturated carbocycles. The van der Waals surface area contributed by atoms with Gasteiger partial charge in [-0.1, -0.05) is 54.1 Å². The fourth-order valence-electron chi connectivity index (χ4n) is 3.80. The van der Waals surface area contributed by atoms with E-state index in [0.29, 0.717) is 12.0 Å². The highest BCUT2D eigenvalue weighted by molar-refractivity contribution is 6.09. The lowest BCUT2D eigenvalue weighted by molar-refractivity contribution is -0.163. The normalized spacial score (nSPS) is 17.9. The summed E-state index contributed by atoms with van der Waals surface area (Å²) < 4.78 is 10.1. The minimum atomic E-state index is -1.46. The van der Waals surface area contributed by atoms with E-state index < -0.39 is 17.4 Å². The van der Waals surface area contributed by atoms with Crippen molar-refractivity contribution in [3.8, 4) is 0 Å². The van der Waals surface area contributed by atoms with Crippen LogP contribution in [0.2, 0.25) is 0 Å². The standard InChI is InChI=1S/C20H20O4/c1-13-9-10-16-15(11-13)12-17(14-7-5-4-6-8-14)20(16,18(21)23-2)19(22)24-3/h4-11,17H,12H2,1-3H3. The van der Waals surface area contributed by atoms with Crippen molar-refractivity contribution in [3.63, 3.8) is 0 Å². The fraction of sp³-hybridized carbons (Fsp3) is 0.300. The SMILES string of the molecule is COC(=O)C1(C(=O)OC)c2ccc(C)cc2CC1c1ccccc1. The lowest BCUT2D eigenvalue weighted by Gasteiger charge is -2.31. The summed E-state index contributed by atoms with van der Waals surface area (Å²) in [5.41, 5.74) is 2.21. The fourth-order valence-corrected chi connectivity index (χ4v) is 3.80. The number of benzene rings is 2. The maximum atomic E-state index is 12.8. The van der Waals surface area contributed by atoms with Gasteiger partial charge in [0.05, 0.1) is 14.2 Å². The highest BCUT2D eigenvalue weighted by atomic mass is 16.5. The Morgan fingerprint density at radius 3 is 2.21 bits per heavy atom. The van der Waals surface area contributed by atoms with Gasteiger partial charge in [0.15, 0.2) is 5.41 Å². The second-order valence-corrected chi connectivity index (χ2v) is 6.12. The smallest absolute Gasteiger partial charge is 0.328 e. The van der Waals surface area contributed by atoms with Crippen LogP contribution in [0, 0.1) is 6.92 Å². The zero-order valence-corrected chi connectivity index (χ0v) is 14.0. The second-order valence-electron chi connectivity index (χ2n) is 6.12. The third-order valence-corrected chi connectivity index (χ3v) is 4.85. The van der Waals surface area contributed by atoms with Gasteiger partial charge < -0.3 is 9.47 Å². The molecule has 3 rings (SSSR count). The van der Waals surface area contributed by atoms with Crippen molar-refractivity contribution in [3.05, 3.63) is 70.8 Å².